The van der Waals surface area contributed by atoms with Crippen LogP contribution >= 0.6 is 11.6 Å². The van der Waals surface area contributed by atoms with E-state index in [-0.39, 0.29) is 5.92 Å². The lowest BCUT2D eigenvalue weighted by Gasteiger charge is -2.36. The Morgan fingerprint density at radius 2 is 1.76 bits per heavy atom. The summed E-state index contributed by atoms with van der Waals surface area (Å²) in [4.78, 5) is 4.65. The zero-order chi connectivity index (χ0) is 15.1. The van der Waals surface area contributed by atoms with Crippen LogP contribution in [-0.2, 0) is 0 Å². The summed E-state index contributed by atoms with van der Waals surface area (Å²) in [7, 11) is 0. The van der Waals surface area contributed by atoms with Crippen molar-refractivity contribution in [1.29, 1.82) is 10.5 Å². The van der Waals surface area contributed by atoms with Gasteiger partial charge in [0.1, 0.15) is 0 Å². The molecular weight excluding hydrogens is 284 g/mol. The zero-order valence-electron chi connectivity index (χ0n) is 12.0. The van der Waals surface area contributed by atoms with E-state index in [4.69, 9.17) is 22.1 Å². The summed E-state index contributed by atoms with van der Waals surface area (Å²) in [5.41, 5.74) is 1.19. The molecule has 0 amide bonds. The van der Waals surface area contributed by atoms with Gasteiger partial charge in [0.15, 0.2) is 0 Å². The normalized spacial score (nSPS) is 17.0. The summed E-state index contributed by atoms with van der Waals surface area (Å²) in [6.07, 6.45) is 1.13. The van der Waals surface area contributed by atoms with E-state index < -0.39 is 0 Å². The van der Waals surface area contributed by atoms with Gasteiger partial charge in [-0.2, -0.15) is 10.5 Å². The molecular formula is C16H19ClN4. The van der Waals surface area contributed by atoms with Crippen molar-refractivity contribution in [2.75, 3.05) is 37.6 Å². The predicted octanol–water partition coefficient (Wildman–Crippen LogP) is 2.91. The van der Waals surface area contributed by atoms with Crippen LogP contribution in [0.4, 0.5) is 5.69 Å². The third-order valence-corrected chi connectivity index (χ3v) is 4.08. The molecule has 1 heterocycles. The van der Waals surface area contributed by atoms with Crippen molar-refractivity contribution in [3.63, 3.8) is 0 Å². The van der Waals surface area contributed by atoms with Crippen molar-refractivity contribution in [2.45, 2.75) is 12.8 Å². The molecule has 1 atom stereocenters. The molecule has 0 radical (unpaired) electrons. The number of halogens is 1. The van der Waals surface area contributed by atoms with Crippen LogP contribution in [0.3, 0.4) is 0 Å². The number of benzene rings is 1. The Labute approximate surface area is 131 Å². The van der Waals surface area contributed by atoms with E-state index in [1.54, 1.807) is 0 Å². The Bertz CT molecular complexity index is 521. The number of rotatable bonds is 5. The van der Waals surface area contributed by atoms with Gasteiger partial charge >= 0.3 is 0 Å². The maximum absolute atomic E-state index is 9.13. The average molecular weight is 303 g/mol. The van der Waals surface area contributed by atoms with Gasteiger partial charge in [-0.3, -0.25) is 4.90 Å². The van der Waals surface area contributed by atoms with E-state index in [1.807, 2.05) is 24.3 Å². The van der Waals surface area contributed by atoms with Crippen molar-refractivity contribution in [1.82, 2.24) is 4.90 Å². The number of anilines is 1. The summed E-state index contributed by atoms with van der Waals surface area (Å²) >= 11 is 5.91. The van der Waals surface area contributed by atoms with Crippen molar-refractivity contribution in [3.05, 3.63) is 29.3 Å². The second-order valence-corrected chi connectivity index (χ2v) is 5.72. The maximum atomic E-state index is 9.13. The van der Waals surface area contributed by atoms with Gasteiger partial charge in [0, 0.05) is 49.9 Å². The fraction of sp³-hybridized carbons (Fsp3) is 0.500. The average Bonchev–Trinajstić information content (AvgIpc) is 2.53. The molecule has 110 valence electrons. The molecule has 0 N–H and O–H groups in total. The summed E-state index contributed by atoms with van der Waals surface area (Å²) in [5, 5.41) is 18.5. The second kappa shape index (κ2) is 7.88. The van der Waals surface area contributed by atoms with Crippen LogP contribution < -0.4 is 4.90 Å². The zero-order valence-corrected chi connectivity index (χ0v) is 12.8. The van der Waals surface area contributed by atoms with Crippen LogP contribution in [0, 0.1) is 28.6 Å². The molecule has 0 unspecified atom stereocenters. The van der Waals surface area contributed by atoms with E-state index in [1.165, 1.54) is 5.69 Å². The largest absolute Gasteiger partial charge is 0.369 e. The Balaban J connectivity index is 1.81. The molecule has 1 fully saturated rings. The van der Waals surface area contributed by atoms with Gasteiger partial charge in [-0.25, -0.2) is 0 Å². The van der Waals surface area contributed by atoms with Crippen LogP contribution in [0.25, 0.3) is 0 Å². The molecule has 1 aliphatic heterocycles. The molecule has 0 saturated carbocycles. The van der Waals surface area contributed by atoms with Crippen LogP contribution in [0.5, 0.6) is 0 Å². The van der Waals surface area contributed by atoms with E-state index in [0.717, 1.165) is 37.7 Å². The highest BCUT2D eigenvalue weighted by molar-refractivity contribution is 6.30. The van der Waals surface area contributed by atoms with Gasteiger partial charge < -0.3 is 4.90 Å². The molecule has 0 aromatic heterocycles. The molecule has 0 aliphatic carbocycles. The van der Waals surface area contributed by atoms with Crippen LogP contribution in [0.1, 0.15) is 12.8 Å². The van der Waals surface area contributed by atoms with Gasteiger partial charge in [-0.1, -0.05) is 11.6 Å². The van der Waals surface area contributed by atoms with Gasteiger partial charge in [0.25, 0.3) is 0 Å². The quantitative estimate of drug-likeness (QED) is 0.839. The van der Waals surface area contributed by atoms with Crippen LogP contribution in [0.15, 0.2) is 24.3 Å². The molecule has 0 bridgehead atoms. The Kier molecular flexibility index (Phi) is 5.87. The molecule has 2 rings (SSSR count). The first kappa shape index (κ1) is 15.6. The van der Waals surface area contributed by atoms with E-state index in [2.05, 4.69) is 21.9 Å². The molecule has 1 aliphatic rings. The maximum Gasteiger partial charge on any atom is 0.0669 e. The fourth-order valence-electron chi connectivity index (χ4n) is 2.59. The third kappa shape index (κ3) is 4.63. The summed E-state index contributed by atoms with van der Waals surface area (Å²) in [5.74, 6) is -0.0354. The highest BCUT2D eigenvalue weighted by atomic mass is 35.5. The summed E-state index contributed by atoms with van der Waals surface area (Å²) in [6.45, 7) is 4.59. The number of hydrogen-bond donors (Lipinski definition) is 0. The first-order chi connectivity index (χ1) is 10.2. The summed E-state index contributed by atoms with van der Waals surface area (Å²) in [6, 6.07) is 12.3. The lowest BCUT2D eigenvalue weighted by Crippen LogP contribution is -2.47. The summed E-state index contributed by atoms with van der Waals surface area (Å²) < 4.78 is 0. The number of nitriles is 2. The standard InChI is InChI=1S/C16H19ClN4/c17-15-3-5-16(6-4-15)21-10-8-20(9-11-21)13-14(12-19)2-1-7-18/h3-6,14H,1-2,8-11,13H2/t14-/m0/s1. The Morgan fingerprint density at radius 3 is 2.33 bits per heavy atom. The van der Waals surface area contributed by atoms with Gasteiger partial charge in [0.2, 0.25) is 0 Å². The first-order valence-electron chi connectivity index (χ1n) is 7.22. The highest BCUT2D eigenvalue weighted by Crippen LogP contribution is 2.20. The highest BCUT2D eigenvalue weighted by Gasteiger charge is 2.20. The molecule has 1 aromatic rings. The topological polar surface area (TPSA) is 54.1 Å². The SMILES string of the molecule is N#CCC[C@@H](C#N)CN1CCN(c2ccc(Cl)cc2)CC1. The van der Waals surface area contributed by atoms with Crippen LogP contribution in [0.2, 0.25) is 5.02 Å². The number of piperazine rings is 1. The van der Waals surface area contributed by atoms with Gasteiger partial charge in [-0.15, -0.1) is 0 Å². The lowest BCUT2D eigenvalue weighted by molar-refractivity contribution is 0.233. The second-order valence-electron chi connectivity index (χ2n) is 5.29. The molecule has 0 spiro atoms. The van der Waals surface area contributed by atoms with E-state index in [9.17, 15) is 0 Å². The number of nitrogens with zero attached hydrogens (tertiary/aromatic N) is 4. The van der Waals surface area contributed by atoms with E-state index in [0.29, 0.717) is 12.8 Å². The molecule has 5 heteroatoms. The minimum Gasteiger partial charge on any atom is -0.369 e. The minimum absolute atomic E-state index is 0.0354. The van der Waals surface area contributed by atoms with Crippen molar-refractivity contribution >= 4 is 17.3 Å². The van der Waals surface area contributed by atoms with Crippen molar-refractivity contribution in [2.24, 2.45) is 5.92 Å². The Hall–Kier alpha value is -1.75. The monoisotopic (exact) mass is 302 g/mol. The predicted molar refractivity (Wildman–Crippen MR) is 84.1 cm³/mol. The van der Waals surface area contributed by atoms with E-state index >= 15 is 0 Å². The minimum atomic E-state index is -0.0354. The molecule has 1 saturated heterocycles. The van der Waals surface area contributed by atoms with Crippen molar-refractivity contribution in [3.8, 4) is 12.1 Å². The smallest absolute Gasteiger partial charge is 0.0669 e. The molecule has 4 nitrogen and oxygen atoms in total. The number of hydrogen-bond acceptors (Lipinski definition) is 4. The first-order valence-corrected chi connectivity index (χ1v) is 7.60. The van der Waals surface area contributed by atoms with Crippen molar-refractivity contribution < 1.29 is 0 Å². The third-order valence-electron chi connectivity index (χ3n) is 3.83. The molecule has 21 heavy (non-hydrogen) atoms. The van der Waals surface area contributed by atoms with Gasteiger partial charge in [0.05, 0.1) is 18.1 Å². The van der Waals surface area contributed by atoms with Gasteiger partial charge in [-0.05, 0) is 30.7 Å². The van der Waals surface area contributed by atoms with Crippen LogP contribution in [-0.4, -0.2) is 37.6 Å². The molecule has 1 aromatic carbocycles. The lowest BCUT2D eigenvalue weighted by atomic mass is 10.0. The Morgan fingerprint density at radius 1 is 1.10 bits per heavy atom. The fourth-order valence-corrected chi connectivity index (χ4v) is 2.71.